The van der Waals surface area contributed by atoms with E-state index in [4.69, 9.17) is 10.5 Å². The van der Waals surface area contributed by atoms with Gasteiger partial charge in [0.2, 0.25) is 0 Å². The second kappa shape index (κ2) is 5.96. The van der Waals surface area contributed by atoms with E-state index in [-0.39, 0.29) is 0 Å². The van der Waals surface area contributed by atoms with Crippen molar-refractivity contribution in [3.63, 3.8) is 0 Å². The molecular formula is C16H22N4O2. The number of nitrogens with zero attached hydrogens (tertiary/aromatic N) is 3. The van der Waals surface area contributed by atoms with Crippen LogP contribution in [0, 0.1) is 0 Å². The molecule has 1 aliphatic heterocycles. The zero-order chi connectivity index (χ0) is 15.7. The van der Waals surface area contributed by atoms with E-state index in [2.05, 4.69) is 23.1 Å². The number of fused-ring (bicyclic) bond motifs is 1. The minimum atomic E-state index is -0.404. The lowest BCUT2D eigenvalue weighted by molar-refractivity contribution is 0.0527. The number of nitrogen functional groups attached to an aromatic ring is 1. The van der Waals surface area contributed by atoms with Crippen LogP contribution in [-0.4, -0.2) is 47.2 Å². The van der Waals surface area contributed by atoms with Crippen molar-refractivity contribution in [3.8, 4) is 0 Å². The number of carbonyl (C=O) groups is 1. The van der Waals surface area contributed by atoms with Crippen molar-refractivity contribution < 1.29 is 9.53 Å². The van der Waals surface area contributed by atoms with Crippen molar-refractivity contribution >= 4 is 17.2 Å². The molecule has 6 heteroatoms. The minimum Gasteiger partial charge on any atom is -0.462 e. The summed E-state index contributed by atoms with van der Waals surface area (Å²) < 4.78 is 6.76. The first-order valence-corrected chi connectivity index (χ1v) is 7.73. The largest absolute Gasteiger partial charge is 0.462 e. The van der Waals surface area contributed by atoms with E-state index in [1.165, 1.54) is 0 Å². The van der Waals surface area contributed by atoms with Crippen LogP contribution < -0.4 is 5.73 Å². The van der Waals surface area contributed by atoms with Crippen LogP contribution >= 0.6 is 0 Å². The zero-order valence-corrected chi connectivity index (χ0v) is 13.1. The molecule has 1 saturated heterocycles. The molecule has 2 aromatic heterocycles. The lowest BCUT2D eigenvalue weighted by Gasteiger charge is -2.27. The Labute approximate surface area is 129 Å². The molecule has 0 spiro atoms. The number of piperidine rings is 1. The van der Waals surface area contributed by atoms with Crippen molar-refractivity contribution in [2.45, 2.75) is 25.7 Å². The highest BCUT2D eigenvalue weighted by Crippen LogP contribution is 2.28. The Bertz CT molecular complexity index is 687. The molecule has 6 nitrogen and oxygen atoms in total. The molecule has 1 aliphatic rings. The molecular weight excluding hydrogens is 280 g/mol. The van der Waals surface area contributed by atoms with Crippen LogP contribution in [0.2, 0.25) is 0 Å². The van der Waals surface area contributed by atoms with Crippen LogP contribution in [0.4, 0.5) is 5.69 Å². The fourth-order valence-electron chi connectivity index (χ4n) is 2.96. The van der Waals surface area contributed by atoms with Gasteiger partial charge in [-0.3, -0.25) is 0 Å². The number of carbonyl (C=O) groups excluding carboxylic acids is 1. The highest BCUT2D eigenvalue weighted by molar-refractivity contribution is 5.95. The number of rotatable bonds is 3. The van der Waals surface area contributed by atoms with Crippen LogP contribution in [-0.2, 0) is 4.74 Å². The number of pyridine rings is 1. The molecule has 0 atom stereocenters. The number of ether oxygens (including phenoxy) is 1. The SMILES string of the molecule is CCOC(=O)c1cn2nc(C3CCN(C)CC3)cc2cc1N. The van der Waals surface area contributed by atoms with Gasteiger partial charge in [0.1, 0.15) is 5.56 Å². The van der Waals surface area contributed by atoms with Crippen molar-refractivity contribution in [2.75, 3.05) is 32.5 Å². The third-order valence-electron chi connectivity index (χ3n) is 4.28. The van der Waals surface area contributed by atoms with Crippen LogP contribution in [0.25, 0.3) is 5.52 Å². The molecule has 22 heavy (non-hydrogen) atoms. The lowest BCUT2D eigenvalue weighted by Crippen LogP contribution is -2.29. The Morgan fingerprint density at radius 3 is 2.82 bits per heavy atom. The number of anilines is 1. The minimum absolute atomic E-state index is 0.330. The van der Waals surface area contributed by atoms with E-state index >= 15 is 0 Å². The Morgan fingerprint density at radius 2 is 2.14 bits per heavy atom. The first-order chi connectivity index (χ1) is 10.6. The first kappa shape index (κ1) is 14.8. The maximum atomic E-state index is 11.9. The molecule has 0 aliphatic carbocycles. The predicted octanol–water partition coefficient (Wildman–Crippen LogP) is 1.90. The number of likely N-dealkylation sites (tertiary alicyclic amines) is 1. The lowest BCUT2D eigenvalue weighted by atomic mass is 9.94. The van der Waals surface area contributed by atoms with Crippen molar-refractivity contribution in [1.29, 1.82) is 0 Å². The fraction of sp³-hybridized carbons (Fsp3) is 0.500. The van der Waals surface area contributed by atoms with Crippen LogP contribution in [0.1, 0.15) is 41.7 Å². The summed E-state index contributed by atoms with van der Waals surface area (Å²) in [5.41, 5.74) is 8.77. The summed E-state index contributed by atoms with van der Waals surface area (Å²) in [6.07, 6.45) is 3.89. The molecule has 1 fully saturated rings. The summed E-state index contributed by atoms with van der Waals surface area (Å²) in [4.78, 5) is 14.2. The van der Waals surface area contributed by atoms with Crippen LogP contribution in [0.3, 0.4) is 0 Å². The summed E-state index contributed by atoms with van der Waals surface area (Å²) >= 11 is 0. The highest BCUT2D eigenvalue weighted by Gasteiger charge is 2.21. The van der Waals surface area contributed by atoms with Gasteiger partial charge in [-0.2, -0.15) is 5.10 Å². The molecule has 2 N–H and O–H groups in total. The Hall–Kier alpha value is -2.08. The highest BCUT2D eigenvalue weighted by atomic mass is 16.5. The smallest absolute Gasteiger partial charge is 0.341 e. The normalized spacial score (nSPS) is 17.0. The van der Waals surface area contributed by atoms with Crippen LogP contribution in [0.15, 0.2) is 18.3 Å². The molecule has 0 radical (unpaired) electrons. The molecule has 0 bridgehead atoms. The number of aromatic nitrogens is 2. The summed E-state index contributed by atoms with van der Waals surface area (Å²) in [5.74, 6) is 0.0709. The van der Waals surface area contributed by atoms with Crippen LogP contribution in [0.5, 0.6) is 0 Å². The summed E-state index contributed by atoms with van der Waals surface area (Å²) in [7, 11) is 2.15. The molecule has 2 aromatic rings. The van der Waals surface area contributed by atoms with Gasteiger partial charge < -0.3 is 15.4 Å². The average Bonchev–Trinajstić information content (AvgIpc) is 2.90. The predicted molar refractivity (Wildman–Crippen MR) is 85.0 cm³/mol. The summed E-state index contributed by atoms with van der Waals surface area (Å²) in [5, 5.41) is 4.64. The number of nitrogens with two attached hydrogens (primary N) is 1. The van der Waals surface area contributed by atoms with Gasteiger partial charge in [-0.15, -0.1) is 0 Å². The van der Waals surface area contributed by atoms with Gasteiger partial charge in [-0.05, 0) is 52.0 Å². The Kier molecular flexibility index (Phi) is 4.02. The molecule has 0 aromatic carbocycles. The monoisotopic (exact) mass is 302 g/mol. The number of hydrogen-bond donors (Lipinski definition) is 1. The van der Waals surface area contributed by atoms with Gasteiger partial charge in [-0.25, -0.2) is 9.31 Å². The van der Waals surface area contributed by atoms with E-state index in [0.717, 1.165) is 37.1 Å². The molecule has 0 saturated carbocycles. The van der Waals surface area contributed by atoms with Crippen molar-refractivity contribution in [1.82, 2.24) is 14.5 Å². The quantitative estimate of drug-likeness (QED) is 0.877. The van der Waals surface area contributed by atoms with Crippen molar-refractivity contribution in [2.24, 2.45) is 0 Å². The van der Waals surface area contributed by atoms with Gasteiger partial charge in [0.15, 0.2) is 0 Å². The van der Waals surface area contributed by atoms with Gasteiger partial charge >= 0.3 is 5.97 Å². The molecule has 0 amide bonds. The second-order valence-corrected chi connectivity index (χ2v) is 5.88. The van der Waals surface area contributed by atoms with Gasteiger partial charge in [0.25, 0.3) is 0 Å². The third kappa shape index (κ3) is 2.78. The van der Waals surface area contributed by atoms with Gasteiger partial charge in [0.05, 0.1) is 17.8 Å². The number of hydrogen-bond acceptors (Lipinski definition) is 5. The van der Waals surface area contributed by atoms with Gasteiger partial charge in [0, 0.05) is 17.8 Å². The van der Waals surface area contributed by atoms with Gasteiger partial charge in [-0.1, -0.05) is 0 Å². The molecule has 0 unspecified atom stereocenters. The number of esters is 1. The molecule has 118 valence electrons. The second-order valence-electron chi connectivity index (χ2n) is 5.88. The van der Waals surface area contributed by atoms with E-state index in [9.17, 15) is 4.79 Å². The standard InChI is InChI=1S/C16H22N4O2/c1-3-22-16(21)13-10-20-12(8-14(13)17)9-15(18-20)11-4-6-19(2)7-5-11/h8-11H,3-7,17H2,1-2H3. The van der Waals surface area contributed by atoms with E-state index in [1.54, 1.807) is 23.7 Å². The Balaban J connectivity index is 1.91. The summed E-state index contributed by atoms with van der Waals surface area (Å²) in [6, 6.07) is 3.86. The average molecular weight is 302 g/mol. The maximum absolute atomic E-state index is 11.9. The zero-order valence-electron chi connectivity index (χ0n) is 13.1. The van der Waals surface area contributed by atoms with E-state index < -0.39 is 5.97 Å². The topological polar surface area (TPSA) is 72.9 Å². The third-order valence-corrected chi connectivity index (χ3v) is 4.28. The van der Waals surface area contributed by atoms with E-state index in [0.29, 0.717) is 23.8 Å². The summed E-state index contributed by atoms with van der Waals surface area (Å²) in [6.45, 7) is 4.29. The van der Waals surface area contributed by atoms with Crippen molar-refractivity contribution in [3.05, 3.63) is 29.6 Å². The first-order valence-electron chi connectivity index (χ1n) is 7.73. The molecule has 3 rings (SSSR count). The molecule has 3 heterocycles. The Morgan fingerprint density at radius 1 is 1.41 bits per heavy atom. The van der Waals surface area contributed by atoms with E-state index in [1.807, 2.05) is 0 Å². The maximum Gasteiger partial charge on any atom is 0.341 e. The fourth-order valence-corrected chi connectivity index (χ4v) is 2.96.